The molecule has 69 valence electrons. The summed E-state index contributed by atoms with van der Waals surface area (Å²) in [7, 11) is 0. The molecule has 1 nitrogen and oxygen atoms in total. The van der Waals surface area contributed by atoms with Crippen LogP contribution in [0.5, 0.6) is 0 Å². The number of aliphatic hydroxyl groups excluding tert-OH is 1. The Balaban J connectivity index is 0.00000121. The summed E-state index contributed by atoms with van der Waals surface area (Å²) in [6, 6.07) is 0. The molecule has 1 fully saturated rings. The average molecular weight is 167 g/mol. The Bertz CT molecular complexity index is 125. The first-order chi connectivity index (χ1) is 5.11. The Morgan fingerprint density at radius 1 is 1.25 bits per heavy atom. The lowest BCUT2D eigenvalue weighted by molar-refractivity contribution is 0.0266. The van der Waals surface area contributed by atoms with E-state index in [2.05, 4.69) is 20.8 Å². The van der Waals surface area contributed by atoms with Crippen LogP contribution in [0.4, 0.5) is 0 Å². The fourth-order valence-corrected chi connectivity index (χ4v) is 2.15. The van der Waals surface area contributed by atoms with Gasteiger partial charge in [-0.25, -0.2) is 0 Å². The first kappa shape index (κ1) is 12.0. The average Bonchev–Trinajstić information content (AvgIpc) is 1.85. The third-order valence-corrected chi connectivity index (χ3v) is 2.99. The Morgan fingerprint density at radius 2 is 1.83 bits per heavy atom. The molecular formula is C10H20BO. The highest BCUT2D eigenvalue weighted by atomic mass is 16.3. The van der Waals surface area contributed by atoms with Gasteiger partial charge in [-0.2, -0.15) is 0 Å². The molecule has 1 saturated carbocycles. The van der Waals surface area contributed by atoms with E-state index in [1.807, 2.05) is 0 Å². The molecule has 1 rings (SSSR count). The van der Waals surface area contributed by atoms with Crippen LogP contribution in [0.1, 0.15) is 40.0 Å². The molecule has 0 aromatic rings. The van der Waals surface area contributed by atoms with E-state index in [4.69, 9.17) is 0 Å². The maximum Gasteiger partial charge on any atom is 0.0573 e. The summed E-state index contributed by atoms with van der Waals surface area (Å²) in [4.78, 5) is 0. The molecule has 12 heavy (non-hydrogen) atoms. The minimum atomic E-state index is -0.0289. The zero-order valence-electron chi connectivity index (χ0n) is 8.46. The molecule has 3 radical (unpaired) electrons. The van der Waals surface area contributed by atoms with Crippen molar-refractivity contribution < 1.29 is 5.11 Å². The van der Waals surface area contributed by atoms with E-state index < -0.39 is 0 Å². The lowest BCUT2D eigenvalue weighted by Crippen LogP contribution is -2.31. The molecule has 0 heterocycles. The van der Waals surface area contributed by atoms with Gasteiger partial charge in [0.15, 0.2) is 0 Å². The van der Waals surface area contributed by atoms with E-state index in [9.17, 15) is 5.11 Å². The molecule has 1 aliphatic carbocycles. The van der Waals surface area contributed by atoms with Gasteiger partial charge in [0, 0.05) is 8.41 Å². The summed E-state index contributed by atoms with van der Waals surface area (Å²) < 4.78 is 0. The Morgan fingerprint density at radius 3 is 2.25 bits per heavy atom. The van der Waals surface area contributed by atoms with Crippen LogP contribution in [0.25, 0.3) is 0 Å². The van der Waals surface area contributed by atoms with Gasteiger partial charge in [0.2, 0.25) is 0 Å². The fourth-order valence-electron chi connectivity index (χ4n) is 2.15. The highest BCUT2D eigenvalue weighted by Gasteiger charge is 2.28. The first-order valence-corrected chi connectivity index (χ1v) is 4.79. The standard InChI is InChI=1S/C10H20O.B/c1-7(2)9-5-4-8(3)6-10(9)11;/h7-11H,4-6H2,1-3H3;. The predicted octanol–water partition coefficient (Wildman–Crippen LogP) is 2.06. The van der Waals surface area contributed by atoms with Crippen molar-refractivity contribution >= 4 is 8.41 Å². The molecule has 0 saturated heterocycles. The van der Waals surface area contributed by atoms with Gasteiger partial charge in [0.1, 0.15) is 0 Å². The van der Waals surface area contributed by atoms with Crippen LogP contribution in [0.15, 0.2) is 0 Å². The van der Waals surface area contributed by atoms with Gasteiger partial charge in [0.25, 0.3) is 0 Å². The molecule has 1 N–H and O–H groups in total. The Hall–Kier alpha value is 0.0249. The van der Waals surface area contributed by atoms with E-state index >= 15 is 0 Å². The van der Waals surface area contributed by atoms with Crippen LogP contribution < -0.4 is 0 Å². The topological polar surface area (TPSA) is 20.2 Å². The quantitative estimate of drug-likeness (QED) is 0.592. The highest BCUT2D eigenvalue weighted by Crippen LogP contribution is 2.33. The Labute approximate surface area is 78.1 Å². The van der Waals surface area contributed by atoms with Gasteiger partial charge >= 0.3 is 0 Å². The lowest BCUT2D eigenvalue weighted by atomic mass is 9.75. The first-order valence-electron chi connectivity index (χ1n) is 4.79. The maximum absolute atomic E-state index is 9.71. The second-order valence-electron chi connectivity index (χ2n) is 4.39. The van der Waals surface area contributed by atoms with Crippen LogP contribution in [0.3, 0.4) is 0 Å². The lowest BCUT2D eigenvalue weighted by Gasteiger charge is -2.33. The molecule has 0 aromatic carbocycles. The van der Waals surface area contributed by atoms with Crippen molar-refractivity contribution in [2.45, 2.75) is 46.1 Å². The van der Waals surface area contributed by atoms with Crippen LogP contribution in [-0.4, -0.2) is 19.6 Å². The molecule has 0 bridgehead atoms. The summed E-state index contributed by atoms with van der Waals surface area (Å²) in [5.41, 5.74) is 0. The van der Waals surface area contributed by atoms with Crippen molar-refractivity contribution in [3.63, 3.8) is 0 Å². The van der Waals surface area contributed by atoms with Crippen LogP contribution in [0, 0.1) is 17.8 Å². The molecule has 0 spiro atoms. The minimum Gasteiger partial charge on any atom is -0.393 e. The molecule has 0 aromatic heterocycles. The highest BCUT2D eigenvalue weighted by molar-refractivity contribution is 5.75. The van der Waals surface area contributed by atoms with Crippen molar-refractivity contribution in [2.75, 3.05) is 0 Å². The predicted molar refractivity (Wildman–Crippen MR) is 53.1 cm³/mol. The number of hydrogen-bond donors (Lipinski definition) is 1. The molecule has 2 heteroatoms. The third-order valence-electron chi connectivity index (χ3n) is 2.99. The van der Waals surface area contributed by atoms with Crippen molar-refractivity contribution in [1.29, 1.82) is 0 Å². The summed E-state index contributed by atoms with van der Waals surface area (Å²) in [6.45, 7) is 6.66. The summed E-state index contributed by atoms with van der Waals surface area (Å²) in [6.07, 6.45) is 3.52. The van der Waals surface area contributed by atoms with Crippen LogP contribution in [-0.2, 0) is 0 Å². The van der Waals surface area contributed by atoms with Gasteiger partial charge < -0.3 is 5.11 Å². The molecule has 1 aliphatic rings. The minimum absolute atomic E-state index is 0. The number of aliphatic hydroxyl groups is 1. The summed E-state index contributed by atoms with van der Waals surface area (Å²) in [5.74, 6) is 1.95. The SMILES string of the molecule is CC1CCC(C(C)C)C(O)C1.[B]. The molecule has 3 unspecified atom stereocenters. The smallest absolute Gasteiger partial charge is 0.0573 e. The van der Waals surface area contributed by atoms with E-state index in [1.165, 1.54) is 12.8 Å². The summed E-state index contributed by atoms with van der Waals surface area (Å²) >= 11 is 0. The molecule has 0 amide bonds. The fraction of sp³-hybridized carbons (Fsp3) is 1.00. The van der Waals surface area contributed by atoms with E-state index in [0.717, 1.165) is 12.3 Å². The largest absolute Gasteiger partial charge is 0.393 e. The summed E-state index contributed by atoms with van der Waals surface area (Å²) in [5, 5.41) is 9.71. The zero-order chi connectivity index (χ0) is 8.43. The van der Waals surface area contributed by atoms with Gasteiger partial charge in [-0.1, -0.05) is 27.2 Å². The van der Waals surface area contributed by atoms with Gasteiger partial charge in [-0.15, -0.1) is 0 Å². The molecular weight excluding hydrogens is 147 g/mol. The zero-order valence-corrected chi connectivity index (χ0v) is 8.46. The second-order valence-corrected chi connectivity index (χ2v) is 4.39. The number of hydrogen-bond acceptors (Lipinski definition) is 1. The van der Waals surface area contributed by atoms with Crippen molar-refractivity contribution in [3.8, 4) is 0 Å². The van der Waals surface area contributed by atoms with Crippen molar-refractivity contribution in [1.82, 2.24) is 0 Å². The number of rotatable bonds is 1. The normalized spacial score (nSPS) is 36.2. The maximum atomic E-state index is 9.71. The van der Waals surface area contributed by atoms with E-state index in [0.29, 0.717) is 11.8 Å². The second kappa shape index (κ2) is 4.91. The van der Waals surface area contributed by atoms with E-state index in [1.54, 1.807) is 0 Å². The van der Waals surface area contributed by atoms with Crippen LogP contribution >= 0.6 is 0 Å². The Kier molecular flexibility index (Phi) is 4.92. The van der Waals surface area contributed by atoms with Crippen molar-refractivity contribution in [3.05, 3.63) is 0 Å². The van der Waals surface area contributed by atoms with Gasteiger partial charge in [-0.05, 0) is 30.6 Å². The molecule has 0 aliphatic heterocycles. The monoisotopic (exact) mass is 167 g/mol. The van der Waals surface area contributed by atoms with Crippen LogP contribution in [0.2, 0.25) is 0 Å². The van der Waals surface area contributed by atoms with Crippen molar-refractivity contribution in [2.24, 2.45) is 17.8 Å². The molecule has 3 atom stereocenters. The van der Waals surface area contributed by atoms with Gasteiger partial charge in [-0.3, -0.25) is 0 Å². The van der Waals surface area contributed by atoms with E-state index in [-0.39, 0.29) is 14.5 Å². The third kappa shape index (κ3) is 2.82. The van der Waals surface area contributed by atoms with Gasteiger partial charge in [0.05, 0.1) is 6.10 Å².